The second kappa shape index (κ2) is 6.57. The molecule has 3 nitrogen and oxygen atoms in total. The van der Waals surface area contributed by atoms with Crippen LogP contribution < -0.4 is 5.32 Å². The lowest BCUT2D eigenvalue weighted by Crippen LogP contribution is -1.99. The van der Waals surface area contributed by atoms with Crippen LogP contribution in [0.5, 0.6) is 0 Å². The molecule has 1 aromatic carbocycles. The van der Waals surface area contributed by atoms with Crippen molar-refractivity contribution in [1.82, 2.24) is 9.97 Å². The highest BCUT2D eigenvalue weighted by Crippen LogP contribution is 2.24. The van der Waals surface area contributed by atoms with Gasteiger partial charge in [-0.25, -0.2) is 9.97 Å². The first-order valence-corrected chi connectivity index (χ1v) is 7.47. The molecule has 1 heterocycles. The minimum atomic E-state index is 0.782. The predicted molar refractivity (Wildman–Crippen MR) is 82.2 cm³/mol. The molecule has 0 aliphatic heterocycles. The third-order valence-electron chi connectivity index (χ3n) is 2.66. The summed E-state index contributed by atoms with van der Waals surface area (Å²) in [5, 5.41) is 3.37. The maximum Gasteiger partial charge on any atom is 0.136 e. The average Bonchev–Trinajstić information content (AvgIpc) is 2.41. The molecule has 0 aliphatic carbocycles. The molecule has 4 heteroatoms. The third-order valence-corrected chi connectivity index (χ3v) is 3.86. The molecule has 0 radical (unpaired) electrons. The zero-order valence-electron chi connectivity index (χ0n) is 11.6. The minimum Gasteiger partial charge on any atom is -0.340 e. The van der Waals surface area contributed by atoms with Crippen LogP contribution in [0.2, 0.25) is 0 Å². The maximum atomic E-state index is 4.43. The number of nitrogens with one attached hydrogen (secondary N) is 1. The van der Waals surface area contributed by atoms with Gasteiger partial charge in [-0.05, 0) is 44.2 Å². The Morgan fingerprint density at radius 3 is 2.89 bits per heavy atom. The number of hydrogen-bond donors (Lipinski definition) is 1. The van der Waals surface area contributed by atoms with Gasteiger partial charge in [-0.1, -0.05) is 13.0 Å². The van der Waals surface area contributed by atoms with Crippen molar-refractivity contribution in [3.05, 3.63) is 41.9 Å². The van der Waals surface area contributed by atoms with Crippen molar-refractivity contribution in [2.75, 3.05) is 11.1 Å². The van der Waals surface area contributed by atoms with Crippen molar-refractivity contribution in [1.29, 1.82) is 0 Å². The van der Waals surface area contributed by atoms with Crippen LogP contribution in [0.3, 0.4) is 0 Å². The van der Waals surface area contributed by atoms with Gasteiger partial charge in [-0.2, -0.15) is 0 Å². The molecule has 2 rings (SSSR count). The Kier molecular flexibility index (Phi) is 4.80. The standard InChI is InChI=1S/C15H19N3S/c1-4-8-19-14-7-5-6-13(9-14)18-15-11(2)10-16-12(3)17-15/h5-7,9-10H,4,8H2,1-3H3,(H,16,17,18). The first-order valence-electron chi connectivity index (χ1n) is 6.49. The zero-order chi connectivity index (χ0) is 13.7. The van der Waals surface area contributed by atoms with Crippen LogP contribution in [0, 0.1) is 13.8 Å². The predicted octanol–water partition coefficient (Wildman–Crippen LogP) is 4.34. The number of aromatic nitrogens is 2. The van der Waals surface area contributed by atoms with E-state index in [2.05, 4.69) is 46.5 Å². The summed E-state index contributed by atoms with van der Waals surface area (Å²) in [6.07, 6.45) is 3.03. The van der Waals surface area contributed by atoms with Gasteiger partial charge in [0, 0.05) is 22.3 Å². The van der Waals surface area contributed by atoms with E-state index in [1.165, 1.54) is 11.3 Å². The molecular weight excluding hydrogens is 254 g/mol. The monoisotopic (exact) mass is 273 g/mol. The molecule has 2 aromatic rings. The molecule has 0 aliphatic rings. The van der Waals surface area contributed by atoms with Gasteiger partial charge in [0.1, 0.15) is 11.6 Å². The van der Waals surface area contributed by atoms with E-state index in [4.69, 9.17) is 0 Å². The number of thioether (sulfide) groups is 1. The summed E-state index contributed by atoms with van der Waals surface area (Å²) in [5.41, 5.74) is 2.12. The van der Waals surface area contributed by atoms with E-state index < -0.39 is 0 Å². The van der Waals surface area contributed by atoms with E-state index in [1.54, 1.807) is 0 Å². The van der Waals surface area contributed by atoms with Crippen LogP contribution in [0.25, 0.3) is 0 Å². The SMILES string of the molecule is CCCSc1cccc(Nc2nc(C)ncc2C)c1. The molecular formula is C15H19N3S. The molecule has 0 amide bonds. The lowest BCUT2D eigenvalue weighted by atomic mass is 10.3. The summed E-state index contributed by atoms with van der Waals surface area (Å²) in [6.45, 7) is 6.11. The Balaban J connectivity index is 2.16. The van der Waals surface area contributed by atoms with Crippen molar-refractivity contribution in [2.45, 2.75) is 32.1 Å². The maximum absolute atomic E-state index is 4.43. The fourth-order valence-electron chi connectivity index (χ4n) is 1.68. The molecule has 19 heavy (non-hydrogen) atoms. The van der Waals surface area contributed by atoms with Gasteiger partial charge < -0.3 is 5.32 Å². The fraction of sp³-hybridized carbons (Fsp3) is 0.333. The topological polar surface area (TPSA) is 37.8 Å². The lowest BCUT2D eigenvalue weighted by molar-refractivity contribution is 1.03. The highest BCUT2D eigenvalue weighted by Gasteiger charge is 2.03. The molecule has 0 saturated heterocycles. The van der Waals surface area contributed by atoms with Gasteiger partial charge in [0.15, 0.2) is 0 Å². The van der Waals surface area contributed by atoms with Crippen molar-refractivity contribution >= 4 is 23.3 Å². The van der Waals surface area contributed by atoms with Crippen LogP contribution in [0.4, 0.5) is 11.5 Å². The Labute approximate surface area is 118 Å². The third kappa shape index (κ3) is 3.96. The molecule has 0 spiro atoms. The summed E-state index contributed by atoms with van der Waals surface area (Å²) >= 11 is 1.88. The van der Waals surface area contributed by atoms with Crippen LogP contribution in [0.1, 0.15) is 24.7 Å². The van der Waals surface area contributed by atoms with E-state index in [-0.39, 0.29) is 0 Å². The first-order chi connectivity index (χ1) is 9.19. The second-order valence-corrected chi connectivity index (χ2v) is 5.62. The largest absolute Gasteiger partial charge is 0.340 e. The number of hydrogen-bond acceptors (Lipinski definition) is 4. The Hall–Kier alpha value is -1.55. The quantitative estimate of drug-likeness (QED) is 0.822. The second-order valence-electron chi connectivity index (χ2n) is 4.45. The van der Waals surface area contributed by atoms with Crippen molar-refractivity contribution in [2.24, 2.45) is 0 Å². The van der Waals surface area contributed by atoms with Gasteiger partial charge in [-0.3, -0.25) is 0 Å². The van der Waals surface area contributed by atoms with Gasteiger partial charge in [-0.15, -0.1) is 11.8 Å². The van der Waals surface area contributed by atoms with Gasteiger partial charge in [0.25, 0.3) is 0 Å². The molecule has 0 bridgehead atoms. The number of anilines is 2. The molecule has 0 unspecified atom stereocenters. The number of nitrogens with zero attached hydrogens (tertiary/aromatic N) is 2. The highest BCUT2D eigenvalue weighted by molar-refractivity contribution is 7.99. The normalized spacial score (nSPS) is 10.5. The Morgan fingerprint density at radius 1 is 1.26 bits per heavy atom. The van der Waals surface area contributed by atoms with Gasteiger partial charge in [0.05, 0.1) is 0 Å². The smallest absolute Gasteiger partial charge is 0.136 e. The molecule has 100 valence electrons. The zero-order valence-corrected chi connectivity index (χ0v) is 12.4. The molecule has 0 fully saturated rings. The van der Waals surface area contributed by atoms with E-state index >= 15 is 0 Å². The van der Waals surface area contributed by atoms with Crippen molar-refractivity contribution in [3.63, 3.8) is 0 Å². The number of rotatable bonds is 5. The summed E-state index contributed by atoms with van der Waals surface area (Å²) in [7, 11) is 0. The highest BCUT2D eigenvalue weighted by atomic mass is 32.2. The molecule has 0 saturated carbocycles. The van der Waals surface area contributed by atoms with Crippen molar-refractivity contribution in [3.8, 4) is 0 Å². The van der Waals surface area contributed by atoms with Gasteiger partial charge >= 0.3 is 0 Å². The number of aryl methyl sites for hydroxylation is 2. The lowest BCUT2D eigenvalue weighted by Gasteiger charge is -2.10. The van der Waals surface area contributed by atoms with E-state index in [9.17, 15) is 0 Å². The summed E-state index contributed by atoms with van der Waals surface area (Å²) in [4.78, 5) is 9.90. The molecule has 1 N–H and O–H groups in total. The summed E-state index contributed by atoms with van der Waals surface area (Å²) in [6, 6.07) is 8.44. The van der Waals surface area contributed by atoms with E-state index in [1.807, 2.05) is 31.8 Å². The summed E-state index contributed by atoms with van der Waals surface area (Å²) in [5.74, 6) is 2.81. The van der Waals surface area contributed by atoms with Crippen LogP contribution in [-0.2, 0) is 0 Å². The Bertz CT molecular complexity index is 555. The van der Waals surface area contributed by atoms with Gasteiger partial charge in [0.2, 0.25) is 0 Å². The number of benzene rings is 1. The first kappa shape index (κ1) is 13.9. The summed E-state index contributed by atoms with van der Waals surface area (Å²) < 4.78 is 0. The van der Waals surface area contributed by atoms with Crippen LogP contribution in [-0.4, -0.2) is 15.7 Å². The van der Waals surface area contributed by atoms with Crippen LogP contribution in [0.15, 0.2) is 35.4 Å². The molecule has 1 aromatic heterocycles. The fourth-order valence-corrected chi connectivity index (χ4v) is 2.50. The Morgan fingerprint density at radius 2 is 2.11 bits per heavy atom. The van der Waals surface area contributed by atoms with E-state index in [0.29, 0.717) is 0 Å². The van der Waals surface area contributed by atoms with Crippen molar-refractivity contribution < 1.29 is 0 Å². The minimum absolute atomic E-state index is 0.782. The van der Waals surface area contributed by atoms with Crippen LogP contribution >= 0.6 is 11.8 Å². The average molecular weight is 273 g/mol. The molecule has 0 atom stereocenters. The van der Waals surface area contributed by atoms with E-state index in [0.717, 1.165) is 28.6 Å².